The topological polar surface area (TPSA) is 78.9 Å². The Kier molecular flexibility index (Phi) is 8.19. The van der Waals surface area contributed by atoms with Gasteiger partial charge in [0.05, 0.1) is 5.92 Å². The Morgan fingerprint density at radius 3 is 2.77 bits per heavy atom. The first-order chi connectivity index (χ1) is 12.5. The Morgan fingerprint density at radius 1 is 1.38 bits per heavy atom. The molecule has 1 heterocycles. The van der Waals surface area contributed by atoms with Crippen molar-refractivity contribution < 1.29 is 19.4 Å². The maximum Gasteiger partial charge on any atom is 0.317 e. The van der Waals surface area contributed by atoms with Crippen molar-refractivity contribution in [2.45, 2.75) is 31.6 Å². The fourth-order valence-corrected chi connectivity index (χ4v) is 3.41. The zero-order valence-electron chi connectivity index (χ0n) is 15.1. The van der Waals surface area contributed by atoms with Gasteiger partial charge in [-0.3, -0.25) is 4.79 Å². The van der Waals surface area contributed by atoms with Gasteiger partial charge in [-0.1, -0.05) is 23.7 Å². The van der Waals surface area contributed by atoms with Gasteiger partial charge in [0.15, 0.2) is 0 Å². The summed E-state index contributed by atoms with van der Waals surface area (Å²) in [5.74, 6) is -1.14. The molecule has 144 valence electrons. The number of carboxylic acids is 1. The summed E-state index contributed by atoms with van der Waals surface area (Å²) in [6, 6.07) is 7.47. The van der Waals surface area contributed by atoms with Crippen molar-refractivity contribution in [1.29, 1.82) is 0 Å². The van der Waals surface area contributed by atoms with Gasteiger partial charge in [-0.15, -0.1) is 0 Å². The summed E-state index contributed by atoms with van der Waals surface area (Å²) in [5, 5.41) is 12.8. The summed E-state index contributed by atoms with van der Waals surface area (Å²) < 4.78 is 5.13. The number of rotatable bonds is 8. The highest BCUT2D eigenvalue weighted by molar-refractivity contribution is 6.30. The first-order valence-corrected chi connectivity index (χ1v) is 9.39. The van der Waals surface area contributed by atoms with Crippen molar-refractivity contribution in [1.82, 2.24) is 10.2 Å². The number of aliphatic carboxylic acids is 1. The second-order valence-electron chi connectivity index (χ2n) is 6.69. The maximum atomic E-state index is 12.5. The van der Waals surface area contributed by atoms with Crippen LogP contribution in [0.4, 0.5) is 4.79 Å². The lowest BCUT2D eigenvalue weighted by molar-refractivity contribution is -0.143. The van der Waals surface area contributed by atoms with Crippen LogP contribution < -0.4 is 5.32 Å². The fraction of sp³-hybridized carbons (Fsp3) is 0.579. The molecule has 2 unspecified atom stereocenters. The van der Waals surface area contributed by atoms with E-state index in [1.54, 1.807) is 12.0 Å². The normalized spacial score (nSPS) is 18.4. The van der Waals surface area contributed by atoms with Gasteiger partial charge in [0.2, 0.25) is 0 Å². The molecular formula is C19H27ClN2O4. The largest absolute Gasteiger partial charge is 0.481 e. The van der Waals surface area contributed by atoms with E-state index in [1.807, 2.05) is 24.3 Å². The average Bonchev–Trinajstić information content (AvgIpc) is 2.65. The van der Waals surface area contributed by atoms with Crippen LogP contribution >= 0.6 is 11.6 Å². The lowest BCUT2D eigenvalue weighted by Gasteiger charge is -2.31. The number of nitrogens with one attached hydrogen (secondary N) is 1. The molecule has 0 bridgehead atoms. The van der Waals surface area contributed by atoms with Crippen LogP contribution in [-0.2, 0) is 9.53 Å². The van der Waals surface area contributed by atoms with Gasteiger partial charge in [-0.25, -0.2) is 4.79 Å². The number of halogens is 1. The molecule has 2 rings (SSSR count). The van der Waals surface area contributed by atoms with E-state index in [2.05, 4.69) is 5.32 Å². The van der Waals surface area contributed by atoms with Crippen LogP contribution in [0.1, 0.15) is 37.2 Å². The third kappa shape index (κ3) is 6.18. The lowest BCUT2D eigenvalue weighted by Crippen LogP contribution is -2.47. The molecule has 6 nitrogen and oxygen atoms in total. The van der Waals surface area contributed by atoms with E-state index in [1.165, 1.54) is 0 Å². The highest BCUT2D eigenvalue weighted by Crippen LogP contribution is 2.23. The Morgan fingerprint density at radius 2 is 2.12 bits per heavy atom. The molecule has 2 amide bonds. The van der Waals surface area contributed by atoms with E-state index >= 15 is 0 Å². The Hall–Kier alpha value is -1.79. The number of carboxylic acid groups (broad SMARTS) is 1. The standard InChI is InChI=1S/C19H27ClN2O4/c1-26-11-3-5-15(14-6-8-17(20)9-7-14)12-21-19(25)22-10-2-4-16(13-22)18(23)24/h6-9,15-16H,2-5,10-13H2,1H3,(H,21,25)(H,23,24). The van der Waals surface area contributed by atoms with Gasteiger partial charge in [0.25, 0.3) is 0 Å². The van der Waals surface area contributed by atoms with Crippen molar-refractivity contribution >= 4 is 23.6 Å². The molecule has 26 heavy (non-hydrogen) atoms. The molecule has 1 aliphatic heterocycles. The molecule has 1 aromatic rings. The third-order valence-electron chi connectivity index (χ3n) is 4.80. The number of carbonyl (C=O) groups is 2. The number of hydrogen-bond donors (Lipinski definition) is 2. The Bertz CT molecular complexity index is 594. The highest BCUT2D eigenvalue weighted by Gasteiger charge is 2.28. The Balaban J connectivity index is 1.93. The Labute approximate surface area is 159 Å². The second-order valence-corrected chi connectivity index (χ2v) is 7.13. The van der Waals surface area contributed by atoms with Gasteiger partial charge in [-0.2, -0.15) is 0 Å². The number of piperidine rings is 1. The third-order valence-corrected chi connectivity index (χ3v) is 5.05. The highest BCUT2D eigenvalue weighted by atomic mass is 35.5. The van der Waals surface area contributed by atoms with Crippen LogP contribution in [0.3, 0.4) is 0 Å². The zero-order valence-corrected chi connectivity index (χ0v) is 15.9. The predicted octanol–water partition coefficient (Wildman–Crippen LogP) is 3.36. The summed E-state index contributed by atoms with van der Waals surface area (Å²) in [7, 11) is 1.67. The van der Waals surface area contributed by atoms with Crippen molar-refractivity contribution in [2.24, 2.45) is 5.92 Å². The van der Waals surface area contributed by atoms with Gasteiger partial charge < -0.3 is 20.1 Å². The summed E-state index contributed by atoms with van der Waals surface area (Å²) in [6.45, 7) is 2.05. The number of hydrogen-bond acceptors (Lipinski definition) is 3. The number of benzene rings is 1. The molecule has 1 saturated heterocycles. The van der Waals surface area contributed by atoms with Crippen LogP contribution in [0.15, 0.2) is 24.3 Å². The first kappa shape index (κ1) is 20.5. The number of urea groups is 1. The van der Waals surface area contributed by atoms with E-state index in [0.717, 1.165) is 24.8 Å². The van der Waals surface area contributed by atoms with Crippen LogP contribution in [0, 0.1) is 5.92 Å². The zero-order chi connectivity index (χ0) is 18.9. The summed E-state index contributed by atoms with van der Waals surface area (Å²) in [4.78, 5) is 25.2. The summed E-state index contributed by atoms with van der Waals surface area (Å²) in [6.07, 6.45) is 3.13. The van der Waals surface area contributed by atoms with E-state index in [9.17, 15) is 9.59 Å². The quantitative estimate of drug-likeness (QED) is 0.676. The van der Waals surface area contributed by atoms with E-state index in [0.29, 0.717) is 31.1 Å². The molecule has 0 spiro atoms. The molecule has 0 saturated carbocycles. The molecule has 7 heteroatoms. The van der Waals surface area contributed by atoms with Crippen molar-refractivity contribution in [3.05, 3.63) is 34.9 Å². The fourth-order valence-electron chi connectivity index (χ4n) is 3.28. The molecular weight excluding hydrogens is 356 g/mol. The lowest BCUT2D eigenvalue weighted by atomic mass is 9.94. The summed E-state index contributed by atoms with van der Waals surface area (Å²) in [5.41, 5.74) is 1.12. The van der Waals surface area contributed by atoms with Crippen LogP contribution in [0.25, 0.3) is 0 Å². The minimum atomic E-state index is -0.832. The van der Waals surface area contributed by atoms with E-state index < -0.39 is 11.9 Å². The minimum absolute atomic E-state index is 0.159. The molecule has 1 aliphatic rings. The maximum absolute atomic E-state index is 12.5. The van der Waals surface area contributed by atoms with Gasteiger partial charge in [0, 0.05) is 44.3 Å². The first-order valence-electron chi connectivity index (χ1n) is 9.01. The van der Waals surface area contributed by atoms with Crippen molar-refractivity contribution in [2.75, 3.05) is 33.4 Å². The van der Waals surface area contributed by atoms with Gasteiger partial charge in [0.1, 0.15) is 0 Å². The number of nitrogens with zero attached hydrogens (tertiary/aromatic N) is 1. The molecule has 0 aromatic heterocycles. The SMILES string of the molecule is COCCCC(CNC(=O)N1CCCC(C(=O)O)C1)c1ccc(Cl)cc1. The van der Waals surface area contributed by atoms with E-state index in [-0.39, 0.29) is 18.5 Å². The number of methoxy groups -OCH3 is 1. The smallest absolute Gasteiger partial charge is 0.317 e. The number of amides is 2. The van der Waals surface area contributed by atoms with Gasteiger partial charge in [-0.05, 0) is 43.4 Å². The van der Waals surface area contributed by atoms with E-state index in [4.69, 9.17) is 21.4 Å². The second kappa shape index (κ2) is 10.4. The summed E-state index contributed by atoms with van der Waals surface area (Å²) >= 11 is 5.97. The number of ether oxygens (including phenoxy) is 1. The van der Waals surface area contributed by atoms with Gasteiger partial charge >= 0.3 is 12.0 Å². The van der Waals surface area contributed by atoms with Crippen molar-refractivity contribution in [3.8, 4) is 0 Å². The van der Waals surface area contributed by atoms with Crippen LogP contribution in [0.2, 0.25) is 5.02 Å². The molecule has 2 atom stereocenters. The molecule has 1 fully saturated rings. The van der Waals surface area contributed by atoms with Crippen LogP contribution in [-0.4, -0.2) is 55.4 Å². The predicted molar refractivity (Wildman–Crippen MR) is 101 cm³/mol. The monoisotopic (exact) mass is 382 g/mol. The van der Waals surface area contributed by atoms with Crippen LogP contribution in [0.5, 0.6) is 0 Å². The molecule has 0 aliphatic carbocycles. The average molecular weight is 383 g/mol. The molecule has 2 N–H and O–H groups in total. The minimum Gasteiger partial charge on any atom is -0.481 e. The van der Waals surface area contributed by atoms with Crippen molar-refractivity contribution in [3.63, 3.8) is 0 Å². The molecule has 0 radical (unpaired) electrons. The molecule has 1 aromatic carbocycles. The number of carbonyl (C=O) groups excluding carboxylic acids is 1. The number of likely N-dealkylation sites (tertiary alicyclic amines) is 1.